The molecule has 0 atom stereocenters. The number of halogens is 2. The van der Waals surface area contributed by atoms with Crippen LogP contribution in [-0.2, 0) is 6.54 Å². The van der Waals surface area contributed by atoms with Crippen molar-refractivity contribution in [2.75, 3.05) is 18.4 Å². The fourth-order valence-electron chi connectivity index (χ4n) is 1.58. The van der Waals surface area contributed by atoms with Crippen LogP contribution in [0.2, 0.25) is 0 Å². The highest BCUT2D eigenvalue weighted by atomic mass is 79.9. The van der Waals surface area contributed by atoms with Crippen molar-refractivity contribution in [3.05, 3.63) is 20.8 Å². The smallest absolute Gasteiger partial charge is 0.0743 e. The summed E-state index contributed by atoms with van der Waals surface area (Å²) in [6.45, 7) is 3.59. The summed E-state index contributed by atoms with van der Waals surface area (Å²) in [5.74, 6) is 0.873. The molecular weight excluding hydrogens is 314 g/mol. The summed E-state index contributed by atoms with van der Waals surface area (Å²) >= 11 is 8.84. The molecule has 13 heavy (non-hydrogen) atoms. The van der Waals surface area contributed by atoms with Crippen LogP contribution in [0, 0.1) is 5.92 Å². The van der Waals surface area contributed by atoms with Crippen LogP contribution in [-0.4, -0.2) is 23.3 Å². The Morgan fingerprint density at radius 3 is 2.85 bits per heavy atom. The van der Waals surface area contributed by atoms with Crippen molar-refractivity contribution in [2.24, 2.45) is 5.92 Å². The van der Waals surface area contributed by atoms with Gasteiger partial charge < -0.3 is 0 Å². The van der Waals surface area contributed by atoms with Gasteiger partial charge >= 0.3 is 0 Å². The Balaban J connectivity index is 1.84. The number of hydrogen-bond acceptors (Lipinski definition) is 2. The van der Waals surface area contributed by atoms with Crippen molar-refractivity contribution in [1.82, 2.24) is 4.90 Å². The average Bonchev–Trinajstić information content (AvgIpc) is 2.43. The van der Waals surface area contributed by atoms with Crippen molar-refractivity contribution in [2.45, 2.75) is 6.54 Å². The maximum absolute atomic E-state index is 3.56. The fourth-order valence-corrected chi connectivity index (χ4v) is 3.20. The lowest BCUT2D eigenvalue weighted by Gasteiger charge is -2.38. The van der Waals surface area contributed by atoms with E-state index in [-0.39, 0.29) is 0 Å². The van der Waals surface area contributed by atoms with E-state index in [4.69, 9.17) is 0 Å². The summed E-state index contributed by atoms with van der Waals surface area (Å²) in [7, 11) is 0. The minimum absolute atomic E-state index is 0.873. The van der Waals surface area contributed by atoms with Gasteiger partial charge in [-0.3, -0.25) is 4.90 Å². The molecular formula is C9H11Br2NS. The quantitative estimate of drug-likeness (QED) is 0.771. The number of likely N-dealkylation sites (tertiary alicyclic amines) is 1. The normalized spacial score (nSPS) is 18.9. The lowest BCUT2D eigenvalue weighted by molar-refractivity contribution is 0.108. The fraction of sp³-hybridized carbons (Fsp3) is 0.556. The Labute approximate surface area is 99.4 Å². The summed E-state index contributed by atoms with van der Waals surface area (Å²) in [5.41, 5.74) is 1.43. The molecule has 0 aromatic carbocycles. The molecule has 4 heteroatoms. The summed E-state index contributed by atoms with van der Waals surface area (Å²) in [5, 5.41) is 3.29. The third-order valence-electron chi connectivity index (χ3n) is 2.34. The summed E-state index contributed by atoms with van der Waals surface area (Å²) in [6.07, 6.45) is 0. The van der Waals surface area contributed by atoms with Gasteiger partial charge in [-0.1, -0.05) is 15.9 Å². The Morgan fingerprint density at radius 2 is 2.31 bits per heavy atom. The standard InChI is InChI=1S/C9H11Br2NS/c10-3-7-4-12(5-7)6-8-1-2-13-9(8)11/h1-2,7H,3-6H2. The molecule has 1 aromatic heterocycles. The van der Waals surface area contributed by atoms with Crippen molar-refractivity contribution in [3.63, 3.8) is 0 Å². The van der Waals surface area contributed by atoms with Gasteiger partial charge in [0.05, 0.1) is 3.79 Å². The summed E-state index contributed by atoms with van der Waals surface area (Å²) in [4.78, 5) is 2.48. The van der Waals surface area contributed by atoms with E-state index in [1.165, 1.54) is 22.4 Å². The van der Waals surface area contributed by atoms with Crippen LogP contribution < -0.4 is 0 Å². The highest BCUT2D eigenvalue weighted by molar-refractivity contribution is 9.11. The molecule has 2 heterocycles. The second-order valence-electron chi connectivity index (χ2n) is 3.43. The SMILES string of the molecule is BrCC1CN(Cc2ccsc2Br)C1. The van der Waals surface area contributed by atoms with Crippen molar-refractivity contribution >= 4 is 43.2 Å². The topological polar surface area (TPSA) is 3.24 Å². The highest BCUT2D eigenvalue weighted by Gasteiger charge is 2.25. The van der Waals surface area contributed by atoms with E-state index >= 15 is 0 Å². The van der Waals surface area contributed by atoms with Gasteiger partial charge in [-0.2, -0.15) is 0 Å². The van der Waals surface area contributed by atoms with E-state index in [0.29, 0.717) is 0 Å². The van der Waals surface area contributed by atoms with E-state index < -0.39 is 0 Å². The first-order valence-corrected chi connectivity index (χ1v) is 7.09. The van der Waals surface area contributed by atoms with E-state index in [1.54, 1.807) is 11.3 Å². The molecule has 0 spiro atoms. The van der Waals surface area contributed by atoms with Gasteiger partial charge in [0.25, 0.3) is 0 Å². The van der Waals surface area contributed by atoms with Crippen LogP contribution in [0.1, 0.15) is 5.56 Å². The predicted octanol–water partition coefficient (Wildman–Crippen LogP) is 3.34. The summed E-state index contributed by atoms with van der Waals surface area (Å²) in [6, 6.07) is 2.20. The minimum atomic E-state index is 0.873. The minimum Gasteiger partial charge on any atom is -0.298 e. The Kier molecular flexibility index (Phi) is 3.46. The number of rotatable bonds is 3. The monoisotopic (exact) mass is 323 g/mol. The largest absolute Gasteiger partial charge is 0.298 e. The number of alkyl halides is 1. The van der Waals surface area contributed by atoms with Gasteiger partial charge in [0.2, 0.25) is 0 Å². The van der Waals surface area contributed by atoms with Gasteiger partial charge in [-0.25, -0.2) is 0 Å². The lowest BCUT2D eigenvalue weighted by atomic mass is 10.0. The molecule has 0 unspecified atom stereocenters. The van der Waals surface area contributed by atoms with Crippen LogP contribution in [0.15, 0.2) is 15.2 Å². The maximum atomic E-state index is 3.56. The molecule has 1 fully saturated rings. The predicted molar refractivity (Wildman–Crippen MR) is 64.6 cm³/mol. The van der Waals surface area contributed by atoms with Crippen LogP contribution in [0.5, 0.6) is 0 Å². The average molecular weight is 325 g/mol. The Morgan fingerprint density at radius 1 is 1.54 bits per heavy atom. The van der Waals surface area contributed by atoms with Gasteiger partial charge in [-0.15, -0.1) is 11.3 Å². The molecule has 1 aliphatic heterocycles. The van der Waals surface area contributed by atoms with E-state index in [1.807, 2.05) is 0 Å². The third-order valence-corrected chi connectivity index (χ3v) is 5.07. The molecule has 1 aliphatic rings. The number of nitrogens with zero attached hydrogens (tertiary/aromatic N) is 1. The molecule has 0 aliphatic carbocycles. The van der Waals surface area contributed by atoms with Crippen LogP contribution in [0.25, 0.3) is 0 Å². The number of hydrogen-bond donors (Lipinski definition) is 0. The van der Waals surface area contributed by atoms with Gasteiger partial charge in [0.1, 0.15) is 0 Å². The van der Waals surface area contributed by atoms with Gasteiger partial charge in [-0.05, 0) is 38.9 Å². The summed E-state index contributed by atoms with van der Waals surface area (Å²) < 4.78 is 1.29. The van der Waals surface area contributed by atoms with Gasteiger partial charge in [0.15, 0.2) is 0 Å². The molecule has 0 radical (unpaired) electrons. The van der Waals surface area contributed by atoms with E-state index in [2.05, 4.69) is 48.2 Å². The lowest BCUT2D eigenvalue weighted by Crippen LogP contribution is -2.46. The van der Waals surface area contributed by atoms with Crippen LogP contribution in [0.4, 0.5) is 0 Å². The van der Waals surface area contributed by atoms with E-state index in [9.17, 15) is 0 Å². The zero-order valence-corrected chi connectivity index (χ0v) is 11.2. The van der Waals surface area contributed by atoms with Crippen LogP contribution >= 0.6 is 43.2 Å². The molecule has 1 aromatic rings. The van der Waals surface area contributed by atoms with E-state index in [0.717, 1.165) is 17.8 Å². The molecule has 0 N–H and O–H groups in total. The first-order valence-electron chi connectivity index (χ1n) is 4.30. The Bertz CT molecular complexity index is 281. The van der Waals surface area contributed by atoms with Crippen molar-refractivity contribution < 1.29 is 0 Å². The zero-order chi connectivity index (χ0) is 9.26. The third kappa shape index (κ3) is 2.35. The first-order chi connectivity index (χ1) is 6.29. The second-order valence-corrected chi connectivity index (χ2v) is 6.32. The molecule has 0 saturated carbocycles. The van der Waals surface area contributed by atoms with Crippen molar-refractivity contribution in [1.29, 1.82) is 0 Å². The zero-order valence-electron chi connectivity index (χ0n) is 7.17. The molecule has 72 valence electrons. The molecule has 1 saturated heterocycles. The maximum Gasteiger partial charge on any atom is 0.0743 e. The van der Waals surface area contributed by atoms with Crippen molar-refractivity contribution in [3.8, 4) is 0 Å². The number of thiophene rings is 1. The molecule has 0 amide bonds. The highest BCUT2D eigenvalue weighted by Crippen LogP contribution is 2.27. The molecule has 1 nitrogen and oxygen atoms in total. The second kappa shape index (κ2) is 4.43. The van der Waals surface area contributed by atoms with Crippen LogP contribution in [0.3, 0.4) is 0 Å². The first kappa shape index (κ1) is 10.1. The van der Waals surface area contributed by atoms with Gasteiger partial charge in [0, 0.05) is 25.0 Å². The molecule has 2 rings (SSSR count). The molecule has 0 bridgehead atoms. The Hall–Kier alpha value is 0.620.